The third-order valence-electron chi connectivity index (χ3n) is 13.0. The van der Waals surface area contributed by atoms with E-state index in [1.807, 2.05) is 6.07 Å². The van der Waals surface area contributed by atoms with Gasteiger partial charge in [0.05, 0.1) is 16.8 Å². The highest BCUT2D eigenvalue weighted by atomic mass is 16.3. The highest BCUT2D eigenvalue weighted by Crippen LogP contribution is 2.60. The summed E-state index contributed by atoms with van der Waals surface area (Å²) < 4.78 is 6.67. The Bertz CT molecular complexity index is 3400. The maximum Gasteiger partial charge on any atom is 0.137 e. The highest BCUT2D eigenvalue weighted by molar-refractivity contribution is 6.08. The predicted octanol–water partition coefficient (Wildman–Crippen LogP) is 16.4. The summed E-state index contributed by atoms with van der Waals surface area (Å²) in [5, 5.41) is 2.21. The Morgan fingerprint density at radius 1 is 0.317 bits per heavy atom. The van der Waals surface area contributed by atoms with E-state index in [9.17, 15) is 0 Å². The maximum absolute atomic E-state index is 6.67. The lowest BCUT2D eigenvalue weighted by molar-refractivity contribution is 0.669. The van der Waals surface area contributed by atoms with Crippen LogP contribution in [0, 0.1) is 0 Å². The fourth-order valence-electron chi connectivity index (χ4n) is 10.4. The molecule has 296 valence electrons. The van der Waals surface area contributed by atoms with Crippen molar-refractivity contribution in [1.82, 2.24) is 0 Å². The second-order valence-corrected chi connectivity index (χ2v) is 16.3. The van der Waals surface area contributed by atoms with Crippen LogP contribution in [0.5, 0.6) is 0 Å². The molecule has 12 rings (SSSR count). The third-order valence-corrected chi connectivity index (χ3v) is 13.0. The van der Waals surface area contributed by atoms with Gasteiger partial charge in [-0.05, 0) is 86.0 Å². The number of anilines is 3. The van der Waals surface area contributed by atoms with Gasteiger partial charge in [0.1, 0.15) is 11.2 Å². The maximum atomic E-state index is 6.67. The average Bonchev–Trinajstić information content (AvgIpc) is 3.89. The number of fused-ring (bicyclic) bond motifs is 6. The quantitative estimate of drug-likeness (QED) is 0.152. The minimum Gasteiger partial charge on any atom is -0.456 e. The van der Waals surface area contributed by atoms with Crippen molar-refractivity contribution in [2.45, 2.75) is 5.41 Å². The zero-order chi connectivity index (χ0) is 41.7. The molecule has 0 N–H and O–H groups in total. The van der Waals surface area contributed by atoms with E-state index in [0.717, 1.165) is 61.3 Å². The summed E-state index contributed by atoms with van der Waals surface area (Å²) in [6.45, 7) is 0. The Morgan fingerprint density at radius 2 is 0.810 bits per heavy atom. The predicted molar refractivity (Wildman–Crippen MR) is 262 cm³/mol. The summed E-state index contributed by atoms with van der Waals surface area (Å²) >= 11 is 0. The van der Waals surface area contributed by atoms with Crippen LogP contribution < -0.4 is 4.90 Å². The second-order valence-electron chi connectivity index (χ2n) is 16.3. The van der Waals surface area contributed by atoms with Crippen LogP contribution in [0.2, 0.25) is 0 Å². The molecule has 1 heterocycles. The van der Waals surface area contributed by atoms with Gasteiger partial charge in [-0.25, -0.2) is 0 Å². The van der Waals surface area contributed by atoms with E-state index >= 15 is 0 Å². The number of hydrogen-bond acceptors (Lipinski definition) is 2. The Morgan fingerprint density at radius 3 is 1.51 bits per heavy atom. The number of furan rings is 1. The van der Waals surface area contributed by atoms with E-state index in [4.69, 9.17) is 4.42 Å². The normalized spacial score (nSPS) is 12.6. The second kappa shape index (κ2) is 15.1. The number of para-hydroxylation sites is 1. The van der Waals surface area contributed by atoms with Crippen LogP contribution in [0.4, 0.5) is 17.1 Å². The first-order chi connectivity index (χ1) is 31.3. The van der Waals surface area contributed by atoms with E-state index < -0.39 is 5.41 Å². The number of benzene rings is 10. The molecule has 0 saturated heterocycles. The lowest BCUT2D eigenvalue weighted by Crippen LogP contribution is -2.28. The van der Waals surface area contributed by atoms with E-state index in [1.54, 1.807) is 0 Å². The molecule has 11 aromatic rings. The zero-order valence-corrected chi connectivity index (χ0v) is 34.5. The van der Waals surface area contributed by atoms with Crippen molar-refractivity contribution in [3.63, 3.8) is 0 Å². The molecule has 0 atom stereocenters. The standard InChI is InChI=1S/C61H41NO/c1-5-21-42(22-6-1)47-29-13-14-31-51(47)59-48(43-23-7-2-8-24-43)33-19-36-55(59)62(46-39-40-50-49-30-16-18-38-57(49)63-58(50)41-46)56-37-20-35-54-60(56)52-32-15-17-34-53(52)61(54,44-25-9-3-10-26-44)45-27-11-4-12-28-45/h1-41H. The van der Waals surface area contributed by atoms with Crippen LogP contribution in [-0.4, -0.2) is 0 Å². The van der Waals surface area contributed by atoms with Crippen molar-refractivity contribution < 1.29 is 4.42 Å². The van der Waals surface area contributed by atoms with Gasteiger partial charge in [0.25, 0.3) is 0 Å². The first-order valence-corrected chi connectivity index (χ1v) is 21.7. The Balaban J connectivity index is 1.22. The van der Waals surface area contributed by atoms with Gasteiger partial charge in [-0.15, -0.1) is 0 Å². The minimum atomic E-state index is -0.562. The van der Waals surface area contributed by atoms with Crippen LogP contribution in [-0.2, 0) is 5.41 Å². The fourth-order valence-corrected chi connectivity index (χ4v) is 10.4. The van der Waals surface area contributed by atoms with Crippen molar-refractivity contribution in [3.05, 3.63) is 271 Å². The average molecular weight is 804 g/mol. The first-order valence-electron chi connectivity index (χ1n) is 21.7. The highest BCUT2D eigenvalue weighted by Gasteiger charge is 2.47. The summed E-state index contributed by atoms with van der Waals surface area (Å²) in [5.41, 5.74) is 18.7. The smallest absolute Gasteiger partial charge is 0.137 e. The van der Waals surface area contributed by atoms with Gasteiger partial charge in [0.2, 0.25) is 0 Å². The SMILES string of the molecule is c1ccc(-c2ccccc2-c2c(-c3ccccc3)cccc2N(c2ccc3c(c2)oc2ccccc23)c2cccc3c2-c2ccccc2C3(c2ccccc2)c2ccccc2)cc1. The van der Waals surface area contributed by atoms with Crippen LogP contribution in [0.1, 0.15) is 22.3 Å². The summed E-state index contributed by atoms with van der Waals surface area (Å²) in [6, 6.07) is 90.3. The third kappa shape index (κ3) is 5.80. The van der Waals surface area contributed by atoms with Crippen molar-refractivity contribution >= 4 is 39.0 Å². The Labute approximate surface area is 367 Å². The molecule has 0 unspecified atom stereocenters. The van der Waals surface area contributed by atoms with Gasteiger partial charge >= 0.3 is 0 Å². The Kier molecular flexibility index (Phi) is 8.76. The van der Waals surface area contributed by atoms with E-state index in [0.29, 0.717) is 0 Å². The van der Waals surface area contributed by atoms with Crippen LogP contribution in [0.25, 0.3) is 66.4 Å². The molecule has 0 amide bonds. The zero-order valence-electron chi connectivity index (χ0n) is 34.5. The van der Waals surface area contributed by atoms with Crippen LogP contribution in [0.15, 0.2) is 253 Å². The number of nitrogens with zero attached hydrogens (tertiary/aromatic N) is 1. The molecule has 0 saturated carbocycles. The van der Waals surface area contributed by atoms with E-state index in [1.165, 1.54) is 44.5 Å². The lowest BCUT2D eigenvalue weighted by Gasteiger charge is -2.35. The molecule has 63 heavy (non-hydrogen) atoms. The van der Waals surface area contributed by atoms with Crippen molar-refractivity contribution in [1.29, 1.82) is 0 Å². The van der Waals surface area contributed by atoms with Gasteiger partial charge in [0.15, 0.2) is 0 Å². The molecule has 0 aliphatic heterocycles. The molecule has 0 fully saturated rings. The van der Waals surface area contributed by atoms with E-state index in [2.05, 4.69) is 248 Å². The lowest BCUT2D eigenvalue weighted by atomic mass is 9.68. The van der Waals surface area contributed by atoms with Gasteiger partial charge in [-0.1, -0.05) is 212 Å². The molecule has 10 aromatic carbocycles. The summed E-state index contributed by atoms with van der Waals surface area (Å²) in [5.74, 6) is 0. The molecule has 1 aliphatic rings. The number of rotatable bonds is 8. The molecular formula is C61H41NO. The van der Waals surface area contributed by atoms with Gasteiger partial charge < -0.3 is 9.32 Å². The molecule has 0 spiro atoms. The molecule has 2 heteroatoms. The molecule has 0 bridgehead atoms. The van der Waals surface area contributed by atoms with Crippen molar-refractivity contribution in [2.75, 3.05) is 4.90 Å². The minimum absolute atomic E-state index is 0.562. The first kappa shape index (κ1) is 36.6. The van der Waals surface area contributed by atoms with Gasteiger partial charge in [-0.3, -0.25) is 0 Å². The summed E-state index contributed by atoms with van der Waals surface area (Å²) in [4.78, 5) is 2.50. The van der Waals surface area contributed by atoms with Crippen LogP contribution in [0.3, 0.4) is 0 Å². The molecule has 1 aromatic heterocycles. The van der Waals surface area contributed by atoms with Crippen molar-refractivity contribution in [3.8, 4) is 44.5 Å². The Hall–Kier alpha value is -8.20. The monoisotopic (exact) mass is 803 g/mol. The largest absolute Gasteiger partial charge is 0.456 e. The number of hydrogen-bond donors (Lipinski definition) is 0. The van der Waals surface area contributed by atoms with E-state index in [-0.39, 0.29) is 0 Å². The summed E-state index contributed by atoms with van der Waals surface area (Å²) in [7, 11) is 0. The molecule has 0 radical (unpaired) electrons. The summed E-state index contributed by atoms with van der Waals surface area (Å²) in [6.07, 6.45) is 0. The topological polar surface area (TPSA) is 16.4 Å². The van der Waals surface area contributed by atoms with Gasteiger partial charge in [-0.2, -0.15) is 0 Å². The molecule has 2 nitrogen and oxygen atoms in total. The van der Waals surface area contributed by atoms with Crippen molar-refractivity contribution in [2.24, 2.45) is 0 Å². The van der Waals surface area contributed by atoms with Crippen LogP contribution >= 0.6 is 0 Å². The molecule has 1 aliphatic carbocycles. The molecular weight excluding hydrogens is 763 g/mol. The van der Waals surface area contributed by atoms with Gasteiger partial charge in [0, 0.05) is 33.7 Å². The fraction of sp³-hybridized carbons (Fsp3) is 0.0164.